The summed E-state index contributed by atoms with van der Waals surface area (Å²) >= 11 is 3.61. The first-order valence-corrected chi connectivity index (χ1v) is 6.32. The van der Waals surface area contributed by atoms with Gasteiger partial charge < -0.3 is 4.74 Å². The van der Waals surface area contributed by atoms with E-state index in [2.05, 4.69) is 22.3 Å². The number of rotatable bonds is 5. The normalized spacial score (nSPS) is 10.3. The quantitative estimate of drug-likeness (QED) is 0.540. The van der Waals surface area contributed by atoms with Crippen molar-refractivity contribution in [2.24, 2.45) is 0 Å². The zero-order valence-corrected chi connectivity index (χ0v) is 9.79. The summed E-state index contributed by atoms with van der Waals surface area (Å²) in [4.78, 5) is 0. The van der Waals surface area contributed by atoms with Crippen LogP contribution in [0.2, 0.25) is 0 Å². The van der Waals surface area contributed by atoms with Crippen LogP contribution in [0.1, 0.15) is 13.8 Å². The Balaban J connectivity index is 2.59. The van der Waals surface area contributed by atoms with Crippen molar-refractivity contribution in [1.82, 2.24) is 4.58 Å². The number of ether oxygens (including phenoxy) is 1. The molecule has 1 heterocycles. The van der Waals surface area contributed by atoms with Crippen LogP contribution in [0.3, 0.4) is 0 Å². The van der Waals surface area contributed by atoms with Crippen LogP contribution in [0.5, 0.6) is 0 Å². The second-order valence-electron chi connectivity index (χ2n) is 2.55. The summed E-state index contributed by atoms with van der Waals surface area (Å²) in [5, 5.41) is 4.26. The number of hydrogen-bond donors (Lipinski definition) is 0. The van der Waals surface area contributed by atoms with Crippen molar-refractivity contribution in [2.75, 3.05) is 26.3 Å². The zero-order chi connectivity index (χ0) is 9.52. The van der Waals surface area contributed by atoms with E-state index in [1.54, 1.807) is 22.7 Å². The van der Waals surface area contributed by atoms with E-state index in [4.69, 9.17) is 4.74 Å². The molecule has 0 aromatic carbocycles. The van der Waals surface area contributed by atoms with Crippen molar-refractivity contribution in [3.05, 3.63) is 14.7 Å². The van der Waals surface area contributed by atoms with Crippen molar-refractivity contribution in [3.63, 3.8) is 0 Å². The maximum atomic E-state index is 5.33. The SMILES string of the molecule is CCOCC[N+](CC)=c1sccs1. The van der Waals surface area contributed by atoms with Crippen molar-refractivity contribution in [1.29, 1.82) is 0 Å². The van der Waals surface area contributed by atoms with E-state index in [9.17, 15) is 0 Å². The Labute approximate surface area is 87.1 Å². The minimum Gasteiger partial charge on any atom is -0.375 e. The predicted molar refractivity (Wildman–Crippen MR) is 59.4 cm³/mol. The van der Waals surface area contributed by atoms with Gasteiger partial charge in [-0.1, -0.05) is 22.7 Å². The fourth-order valence-electron chi connectivity index (χ4n) is 1.05. The molecule has 0 fully saturated rings. The standard InChI is InChI=1S/C9H16NOS2/c1-3-10(5-6-11-4-2)9-12-7-8-13-9/h7-8H,3-6H2,1-2H3/q+1. The molecule has 1 aromatic rings. The van der Waals surface area contributed by atoms with Gasteiger partial charge in [0.05, 0.1) is 0 Å². The van der Waals surface area contributed by atoms with Crippen molar-refractivity contribution < 1.29 is 4.74 Å². The van der Waals surface area contributed by atoms with Crippen molar-refractivity contribution >= 4 is 22.7 Å². The number of likely N-dealkylation sites (N-methyl/N-ethyl adjacent to an activating group) is 1. The molecule has 74 valence electrons. The van der Waals surface area contributed by atoms with E-state index in [0.29, 0.717) is 0 Å². The summed E-state index contributed by atoms with van der Waals surface area (Å²) in [7, 11) is 0. The maximum absolute atomic E-state index is 5.33. The molecule has 4 heteroatoms. The lowest BCUT2D eigenvalue weighted by Crippen LogP contribution is -2.29. The summed E-state index contributed by atoms with van der Waals surface area (Å²) in [6.45, 7) is 7.91. The average molecular weight is 218 g/mol. The van der Waals surface area contributed by atoms with Gasteiger partial charge in [0.25, 0.3) is 0 Å². The molecule has 0 aliphatic rings. The molecule has 0 radical (unpaired) electrons. The van der Waals surface area contributed by atoms with E-state index >= 15 is 0 Å². The van der Waals surface area contributed by atoms with Gasteiger partial charge in [0.2, 0.25) is 0 Å². The third kappa shape index (κ3) is 3.58. The first-order valence-electron chi connectivity index (χ1n) is 4.56. The molecule has 0 amide bonds. The largest absolute Gasteiger partial charge is 0.375 e. The molecule has 0 saturated carbocycles. The highest BCUT2D eigenvalue weighted by Crippen LogP contribution is 1.93. The van der Waals surface area contributed by atoms with Gasteiger partial charge in [-0.25, -0.2) is 4.58 Å². The van der Waals surface area contributed by atoms with Crippen LogP contribution in [0.4, 0.5) is 0 Å². The zero-order valence-electron chi connectivity index (χ0n) is 8.16. The van der Waals surface area contributed by atoms with Crippen LogP contribution in [0.15, 0.2) is 10.8 Å². The van der Waals surface area contributed by atoms with Crippen molar-refractivity contribution in [3.8, 4) is 0 Å². The first-order chi connectivity index (χ1) is 6.38. The Morgan fingerprint density at radius 2 is 2.00 bits per heavy atom. The van der Waals surface area contributed by atoms with Gasteiger partial charge >= 0.3 is 3.98 Å². The van der Waals surface area contributed by atoms with E-state index in [1.807, 2.05) is 6.92 Å². The highest BCUT2D eigenvalue weighted by Gasteiger charge is 2.03. The summed E-state index contributed by atoms with van der Waals surface area (Å²) in [5.41, 5.74) is 0. The molecule has 0 N–H and O–H groups in total. The monoisotopic (exact) mass is 218 g/mol. The van der Waals surface area contributed by atoms with E-state index in [0.717, 1.165) is 26.3 Å². The van der Waals surface area contributed by atoms with Gasteiger partial charge in [0, 0.05) is 17.4 Å². The van der Waals surface area contributed by atoms with Crippen LogP contribution >= 0.6 is 22.7 Å². The fraction of sp³-hybridized carbons (Fsp3) is 0.667. The molecule has 2 nitrogen and oxygen atoms in total. The average Bonchev–Trinajstić information content (AvgIpc) is 2.65. The van der Waals surface area contributed by atoms with Crippen LogP contribution < -0.4 is 8.56 Å². The van der Waals surface area contributed by atoms with Gasteiger partial charge in [-0.05, 0) is 13.8 Å². The van der Waals surface area contributed by atoms with Crippen LogP contribution in [-0.2, 0) is 4.74 Å². The molecule has 1 rings (SSSR count). The second-order valence-corrected chi connectivity index (χ2v) is 4.60. The summed E-state index contributed by atoms with van der Waals surface area (Å²) in [6, 6.07) is 0. The minimum atomic E-state index is 0.811. The Kier molecular flexibility index (Phi) is 5.27. The Hall–Kier alpha value is -0.190. The molecule has 1 aromatic heterocycles. The first kappa shape index (κ1) is 10.9. The van der Waals surface area contributed by atoms with Gasteiger partial charge in [-0.3, -0.25) is 0 Å². The Morgan fingerprint density at radius 1 is 1.31 bits per heavy atom. The van der Waals surface area contributed by atoms with E-state index < -0.39 is 0 Å². The van der Waals surface area contributed by atoms with Crippen LogP contribution in [0, 0.1) is 0 Å². The highest BCUT2D eigenvalue weighted by molar-refractivity contribution is 7.24. The summed E-state index contributed by atoms with van der Waals surface area (Å²) < 4.78 is 9.06. The third-order valence-electron chi connectivity index (χ3n) is 1.74. The Morgan fingerprint density at radius 3 is 2.54 bits per heavy atom. The number of hydrogen-bond acceptors (Lipinski definition) is 3. The molecule has 0 aliphatic heterocycles. The lowest BCUT2D eigenvalue weighted by molar-refractivity contribution is 0.145. The van der Waals surface area contributed by atoms with E-state index in [1.165, 1.54) is 3.98 Å². The second kappa shape index (κ2) is 6.29. The molecule has 0 bridgehead atoms. The molecule has 0 spiro atoms. The molecular weight excluding hydrogens is 202 g/mol. The van der Waals surface area contributed by atoms with Crippen LogP contribution in [-0.4, -0.2) is 26.3 Å². The molecular formula is C9H16NOS2+. The minimum absolute atomic E-state index is 0.811. The summed E-state index contributed by atoms with van der Waals surface area (Å²) in [5.74, 6) is 0. The molecule has 0 saturated heterocycles. The predicted octanol–water partition coefficient (Wildman–Crippen LogP) is 1.64. The topological polar surface area (TPSA) is 12.2 Å². The van der Waals surface area contributed by atoms with Crippen molar-refractivity contribution in [2.45, 2.75) is 13.8 Å². The van der Waals surface area contributed by atoms with Gasteiger partial charge in [0.1, 0.15) is 13.2 Å². The van der Waals surface area contributed by atoms with Crippen LogP contribution in [0.25, 0.3) is 0 Å². The third-order valence-corrected chi connectivity index (χ3v) is 3.96. The smallest absolute Gasteiger partial charge is 0.313 e. The van der Waals surface area contributed by atoms with Gasteiger partial charge in [-0.2, -0.15) is 0 Å². The maximum Gasteiger partial charge on any atom is 0.313 e. The Bertz CT molecular complexity index is 273. The lowest BCUT2D eigenvalue weighted by Gasteiger charge is -1.99. The van der Waals surface area contributed by atoms with E-state index in [-0.39, 0.29) is 0 Å². The molecule has 0 aliphatic carbocycles. The summed E-state index contributed by atoms with van der Waals surface area (Å²) in [6.07, 6.45) is 0. The molecule has 0 unspecified atom stereocenters. The highest BCUT2D eigenvalue weighted by atomic mass is 32.2. The van der Waals surface area contributed by atoms with Gasteiger partial charge in [0.15, 0.2) is 6.54 Å². The lowest BCUT2D eigenvalue weighted by atomic mass is 10.6. The molecule has 0 atom stereocenters. The number of nitrogens with zero attached hydrogens (tertiary/aromatic N) is 1. The van der Waals surface area contributed by atoms with Gasteiger partial charge in [-0.15, -0.1) is 0 Å². The fourth-order valence-corrected chi connectivity index (χ4v) is 3.02. The molecule has 13 heavy (non-hydrogen) atoms.